The smallest absolute Gasteiger partial charge is 0.0500 e. The summed E-state index contributed by atoms with van der Waals surface area (Å²) >= 11 is 0. The molecule has 4 atom stereocenters. The van der Waals surface area contributed by atoms with E-state index < -0.39 is 0 Å². The molecule has 3 rings (SSSR count). The Morgan fingerprint density at radius 3 is 1.85 bits per heavy atom. The Morgan fingerprint density at radius 2 is 1.31 bits per heavy atom. The number of rotatable bonds is 0. The van der Waals surface area contributed by atoms with Crippen LogP contribution in [-0.2, 0) is 4.74 Å². The lowest BCUT2D eigenvalue weighted by molar-refractivity contribution is 0.00465. The molecule has 1 heterocycles. The summed E-state index contributed by atoms with van der Waals surface area (Å²) < 4.78 is 5.58. The van der Waals surface area contributed by atoms with Gasteiger partial charge in [-0.3, -0.25) is 0 Å². The molecule has 72 valence electrons. The number of allylic oxidation sites excluding steroid dienone is 2. The quantitative estimate of drug-likeness (QED) is 0.518. The Balaban J connectivity index is 1.74. The second kappa shape index (κ2) is 3.13. The molecule has 0 amide bonds. The number of hydrogen-bond acceptors (Lipinski definition) is 1. The van der Waals surface area contributed by atoms with Gasteiger partial charge >= 0.3 is 0 Å². The maximum absolute atomic E-state index is 5.58. The largest absolute Gasteiger partial charge is 0.381 e. The summed E-state index contributed by atoms with van der Waals surface area (Å²) in [7, 11) is 0. The van der Waals surface area contributed by atoms with Gasteiger partial charge in [0.25, 0.3) is 0 Å². The van der Waals surface area contributed by atoms with E-state index in [-0.39, 0.29) is 0 Å². The van der Waals surface area contributed by atoms with Crippen LogP contribution in [0.1, 0.15) is 25.7 Å². The first-order valence-corrected chi connectivity index (χ1v) is 5.69. The van der Waals surface area contributed by atoms with E-state index in [0.717, 1.165) is 36.9 Å². The zero-order valence-electron chi connectivity index (χ0n) is 8.11. The number of fused-ring (bicyclic) bond motifs is 4. The minimum atomic E-state index is 0.941. The van der Waals surface area contributed by atoms with Gasteiger partial charge in [0.05, 0.1) is 13.2 Å². The topological polar surface area (TPSA) is 9.23 Å². The van der Waals surface area contributed by atoms with Crippen molar-refractivity contribution < 1.29 is 4.74 Å². The van der Waals surface area contributed by atoms with E-state index in [1.807, 2.05) is 0 Å². The average molecular weight is 178 g/mol. The molecule has 3 aliphatic rings. The zero-order chi connectivity index (χ0) is 8.67. The van der Waals surface area contributed by atoms with Crippen molar-refractivity contribution in [1.82, 2.24) is 0 Å². The fourth-order valence-electron chi connectivity index (χ4n) is 3.63. The normalized spacial score (nSPS) is 51.1. The van der Waals surface area contributed by atoms with Crippen LogP contribution in [0.2, 0.25) is 0 Å². The van der Waals surface area contributed by atoms with Gasteiger partial charge in [0, 0.05) is 0 Å². The Morgan fingerprint density at radius 1 is 0.769 bits per heavy atom. The van der Waals surface area contributed by atoms with Crippen LogP contribution in [0.25, 0.3) is 0 Å². The summed E-state index contributed by atoms with van der Waals surface area (Å²) in [6.07, 6.45) is 10.2. The number of ether oxygens (including phenoxy) is 1. The van der Waals surface area contributed by atoms with E-state index in [4.69, 9.17) is 4.74 Å². The van der Waals surface area contributed by atoms with E-state index in [1.165, 1.54) is 25.7 Å². The molecule has 0 spiro atoms. The highest BCUT2D eigenvalue weighted by Gasteiger charge is 2.51. The van der Waals surface area contributed by atoms with Crippen LogP contribution in [-0.4, -0.2) is 13.2 Å². The molecule has 0 bridgehead atoms. The van der Waals surface area contributed by atoms with E-state index in [9.17, 15) is 0 Å². The molecule has 0 radical (unpaired) electrons. The van der Waals surface area contributed by atoms with Crippen LogP contribution in [0.5, 0.6) is 0 Å². The van der Waals surface area contributed by atoms with Crippen molar-refractivity contribution in [1.29, 1.82) is 0 Å². The van der Waals surface area contributed by atoms with Crippen LogP contribution in [0.3, 0.4) is 0 Å². The van der Waals surface area contributed by atoms with Crippen molar-refractivity contribution >= 4 is 0 Å². The summed E-state index contributed by atoms with van der Waals surface area (Å²) in [5.74, 6) is 3.91. The first-order valence-electron chi connectivity index (χ1n) is 5.69. The van der Waals surface area contributed by atoms with Crippen molar-refractivity contribution in [3.05, 3.63) is 12.2 Å². The highest BCUT2D eigenvalue weighted by molar-refractivity contribution is 5.02. The fraction of sp³-hybridized carbons (Fsp3) is 0.833. The van der Waals surface area contributed by atoms with Gasteiger partial charge in [0.15, 0.2) is 0 Å². The molecule has 0 aromatic carbocycles. The van der Waals surface area contributed by atoms with Gasteiger partial charge in [0.1, 0.15) is 0 Å². The first-order chi connectivity index (χ1) is 6.47. The lowest BCUT2D eigenvalue weighted by Gasteiger charge is -2.48. The molecule has 0 aromatic rings. The SMILES string of the molecule is C1=C\CC[C@H]2[C@H](CC/1)[C@H]1COC[C@@H]21. The molecule has 2 aliphatic carbocycles. The standard InChI is InChI=1S/C12H18O/c1-2-4-6-10-9(5-3-1)11-7-13-8-12(10)11/h1-2,9-12H,3-8H2/b2-1-/t9-,10-,11-,12+/m0/s1. The molecule has 13 heavy (non-hydrogen) atoms. The highest BCUT2D eigenvalue weighted by Crippen LogP contribution is 2.54. The lowest BCUT2D eigenvalue weighted by Crippen LogP contribution is -2.46. The maximum Gasteiger partial charge on any atom is 0.0500 e. The molecule has 1 aliphatic heterocycles. The molecule has 1 saturated carbocycles. The van der Waals surface area contributed by atoms with Gasteiger partial charge in [-0.05, 0) is 49.4 Å². The molecule has 1 nitrogen and oxygen atoms in total. The third kappa shape index (κ3) is 1.17. The molecular formula is C12H18O. The molecule has 0 unspecified atom stereocenters. The Hall–Kier alpha value is -0.300. The van der Waals surface area contributed by atoms with Gasteiger partial charge in [-0.2, -0.15) is 0 Å². The van der Waals surface area contributed by atoms with Crippen molar-refractivity contribution in [3.8, 4) is 0 Å². The fourth-order valence-corrected chi connectivity index (χ4v) is 3.63. The summed E-state index contributed by atoms with van der Waals surface area (Å²) in [6.45, 7) is 2.13. The molecule has 0 N–H and O–H groups in total. The van der Waals surface area contributed by atoms with E-state index in [2.05, 4.69) is 12.2 Å². The van der Waals surface area contributed by atoms with Gasteiger partial charge < -0.3 is 4.74 Å². The molecule has 2 fully saturated rings. The average Bonchev–Trinajstić information content (AvgIpc) is 2.48. The van der Waals surface area contributed by atoms with Gasteiger partial charge in [-0.1, -0.05) is 12.2 Å². The summed E-state index contributed by atoms with van der Waals surface area (Å²) in [6, 6.07) is 0. The van der Waals surface area contributed by atoms with Gasteiger partial charge in [-0.25, -0.2) is 0 Å². The van der Waals surface area contributed by atoms with Gasteiger partial charge in [0.2, 0.25) is 0 Å². The molecule has 1 saturated heterocycles. The summed E-state index contributed by atoms with van der Waals surface area (Å²) in [4.78, 5) is 0. The van der Waals surface area contributed by atoms with Gasteiger partial charge in [-0.15, -0.1) is 0 Å². The second-order valence-corrected chi connectivity index (χ2v) is 4.82. The monoisotopic (exact) mass is 178 g/mol. The highest BCUT2D eigenvalue weighted by atomic mass is 16.5. The second-order valence-electron chi connectivity index (χ2n) is 4.82. The Kier molecular flexibility index (Phi) is 1.93. The Labute approximate surface area is 80.2 Å². The maximum atomic E-state index is 5.58. The third-order valence-corrected chi connectivity index (χ3v) is 4.32. The van der Waals surface area contributed by atoms with Crippen LogP contribution in [0.15, 0.2) is 12.2 Å². The minimum Gasteiger partial charge on any atom is -0.381 e. The minimum absolute atomic E-state index is 0.941. The molecule has 1 heteroatoms. The van der Waals surface area contributed by atoms with Crippen molar-refractivity contribution in [3.63, 3.8) is 0 Å². The van der Waals surface area contributed by atoms with Crippen LogP contribution in [0, 0.1) is 23.7 Å². The van der Waals surface area contributed by atoms with E-state index in [0.29, 0.717) is 0 Å². The predicted octanol–water partition coefficient (Wildman–Crippen LogP) is 2.63. The van der Waals surface area contributed by atoms with Crippen LogP contribution in [0.4, 0.5) is 0 Å². The summed E-state index contributed by atoms with van der Waals surface area (Å²) in [5, 5.41) is 0. The lowest BCUT2D eigenvalue weighted by atomic mass is 9.55. The van der Waals surface area contributed by atoms with E-state index >= 15 is 0 Å². The van der Waals surface area contributed by atoms with Crippen molar-refractivity contribution in [2.24, 2.45) is 23.7 Å². The zero-order valence-corrected chi connectivity index (χ0v) is 8.11. The molecule has 0 aromatic heterocycles. The summed E-state index contributed by atoms with van der Waals surface area (Å²) in [5.41, 5.74) is 0. The predicted molar refractivity (Wildman–Crippen MR) is 52.4 cm³/mol. The van der Waals surface area contributed by atoms with E-state index in [1.54, 1.807) is 0 Å². The van der Waals surface area contributed by atoms with Crippen molar-refractivity contribution in [2.75, 3.05) is 13.2 Å². The number of hydrogen-bond donors (Lipinski definition) is 0. The third-order valence-electron chi connectivity index (χ3n) is 4.32. The van der Waals surface area contributed by atoms with Crippen LogP contribution >= 0.6 is 0 Å². The van der Waals surface area contributed by atoms with Crippen LogP contribution < -0.4 is 0 Å². The Bertz CT molecular complexity index is 199. The van der Waals surface area contributed by atoms with Crippen molar-refractivity contribution in [2.45, 2.75) is 25.7 Å². The molecular weight excluding hydrogens is 160 g/mol. The first kappa shape index (κ1) is 8.05.